The highest BCUT2D eigenvalue weighted by molar-refractivity contribution is 7.99. The van der Waals surface area contributed by atoms with Crippen LogP contribution in [-0.2, 0) is 4.79 Å². The van der Waals surface area contributed by atoms with E-state index in [0.717, 1.165) is 11.8 Å². The van der Waals surface area contributed by atoms with Gasteiger partial charge in [0.2, 0.25) is 5.91 Å². The maximum atomic E-state index is 13.4. The van der Waals surface area contributed by atoms with Gasteiger partial charge in [0, 0.05) is 5.02 Å². The van der Waals surface area contributed by atoms with E-state index in [2.05, 4.69) is 10.3 Å². The maximum absolute atomic E-state index is 13.4. The molecular formula is C22H14Cl2FN3O2S. The Hall–Kier alpha value is -2.87. The summed E-state index contributed by atoms with van der Waals surface area (Å²) in [6.07, 6.45) is 0. The van der Waals surface area contributed by atoms with Gasteiger partial charge in [0.1, 0.15) is 5.82 Å². The Morgan fingerprint density at radius 1 is 1.06 bits per heavy atom. The molecule has 0 atom stereocenters. The number of aromatic nitrogens is 2. The molecule has 5 nitrogen and oxygen atoms in total. The van der Waals surface area contributed by atoms with Crippen LogP contribution >= 0.6 is 35.0 Å². The van der Waals surface area contributed by atoms with Crippen LogP contribution in [0.15, 0.2) is 76.7 Å². The summed E-state index contributed by atoms with van der Waals surface area (Å²) in [5, 5.41) is 4.22. The van der Waals surface area contributed by atoms with Gasteiger partial charge in [0.05, 0.1) is 33.1 Å². The Labute approximate surface area is 190 Å². The standard InChI is InChI=1S/C22H14Cl2FN3O2S/c23-13-5-10-17(24)19(11-13)26-20(29)12-31-22-27-18-4-2-1-3-16(18)21(30)28(22)15-8-6-14(25)7-9-15/h1-11H,12H2,(H,26,29). The van der Waals surface area contributed by atoms with Crippen LogP contribution in [0.25, 0.3) is 16.6 Å². The normalized spacial score (nSPS) is 10.9. The summed E-state index contributed by atoms with van der Waals surface area (Å²) >= 11 is 13.1. The van der Waals surface area contributed by atoms with E-state index in [4.69, 9.17) is 23.2 Å². The minimum absolute atomic E-state index is 0.0329. The predicted molar refractivity (Wildman–Crippen MR) is 123 cm³/mol. The van der Waals surface area contributed by atoms with Crippen molar-refractivity contribution in [3.63, 3.8) is 0 Å². The van der Waals surface area contributed by atoms with Gasteiger partial charge in [-0.05, 0) is 54.6 Å². The Bertz CT molecular complexity index is 1340. The van der Waals surface area contributed by atoms with Crippen LogP contribution in [0.5, 0.6) is 0 Å². The fraction of sp³-hybridized carbons (Fsp3) is 0.0455. The zero-order valence-electron chi connectivity index (χ0n) is 15.8. The molecule has 0 aliphatic heterocycles. The van der Waals surface area contributed by atoms with E-state index in [-0.39, 0.29) is 17.2 Å². The van der Waals surface area contributed by atoms with Gasteiger partial charge in [-0.1, -0.05) is 47.1 Å². The summed E-state index contributed by atoms with van der Waals surface area (Å²) in [5.41, 5.74) is 1.04. The zero-order valence-corrected chi connectivity index (χ0v) is 18.1. The quantitative estimate of drug-likeness (QED) is 0.304. The number of carbonyl (C=O) groups is 1. The van der Waals surface area contributed by atoms with Crippen molar-refractivity contribution < 1.29 is 9.18 Å². The van der Waals surface area contributed by atoms with E-state index in [0.29, 0.717) is 37.5 Å². The molecular weight excluding hydrogens is 460 g/mol. The number of nitrogens with zero attached hydrogens (tertiary/aromatic N) is 2. The number of carbonyl (C=O) groups excluding carboxylic acids is 1. The number of nitrogens with one attached hydrogen (secondary N) is 1. The number of thioether (sulfide) groups is 1. The monoisotopic (exact) mass is 473 g/mol. The van der Waals surface area contributed by atoms with Gasteiger partial charge < -0.3 is 5.32 Å². The molecule has 3 aromatic carbocycles. The highest BCUT2D eigenvalue weighted by Crippen LogP contribution is 2.26. The van der Waals surface area contributed by atoms with E-state index < -0.39 is 5.82 Å². The summed E-state index contributed by atoms with van der Waals surface area (Å²) in [7, 11) is 0. The smallest absolute Gasteiger partial charge is 0.266 e. The molecule has 0 aliphatic carbocycles. The second-order valence-electron chi connectivity index (χ2n) is 6.49. The summed E-state index contributed by atoms with van der Waals surface area (Å²) in [6, 6.07) is 17.2. The molecule has 0 fully saturated rings. The Balaban J connectivity index is 1.67. The summed E-state index contributed by atoms with van der Waals surface area (Å²) in [4.78, 5) is 30.2. The molecule has 4 aromatic rings. The second-order valence-corrected chi connectivity index (χ2v) is 8.28. The maximum Gasteiger partial charge on any atom is 0.266 e. The minimum atomic E-state index is -0.419. The lowest BCUT2D eigenvalue weighted by Crippen LogP contribution is -2.23. The van der Waals surface area contributed by atoms with E-state index in [1.807, 2.05) is 0 Å². The molecule has 1 N–H and O–H groups in total. The van der Waals surface area contributed by atoms with Gasteiger partial charge in [-0.15, -0.1) is 0 Å². The lowest BCUT2D eigenvalue weighted by atomic mass is 10.2. The Kier molecular flexibility index (Phi) is 6.27. The molecule has 0 aliphatic rings. The van der Waals surface area contributed by atoms with Crippen LogP contribution in [0.4, 0.5) is 10.1 Å². The van der Waals surface area contributed by atoms with Crippen molar-refractivity contribution in [2.45, 2.75) is 5.16 Å². The van der Waals surface area contributed by atoms with E-state index in [9.17, 15) is 14.0 Å². The van der Waals surface area contributed by atoms with Gasteiger partial charge in [-0.2, -0.15) is 0 Å². The lowest BCUT2D eigenvalue weighted by Gasteiger charge is -2.13. The molecule has 0 radical (unpaired) electrons. The number of halogens is 3. The highest BCUT2D eigenvalue weighted by atomic mass is 35.5. The number of hydrogen-bond acceptors (Lipinski definition) is 4. The van der Waals surface area contributed by atoms with Crippen molar-refractivity contribution in [3.8, 4) is 5.69 Å². The third kappa shape index (κ3) is 4.74. The van der Waals surface area contributed by atoms with Gasteiger partial charge in [0.25, 0.3) is 5.56 Å². The molecule has 31 heavy (non-hydrogen) atoms. The first kappa shape index (κ1) is 21.4. The first-order chi connectivity index (χ1) is 14.9. The third-order valence-corrected chi connectivity index (χ3v) is 5.87. The number of para-hydroxylation sites is 1. The van der Waals surface area contributed by atoms with Gasteiger partial charge in [0.15, 0.2) is 5.16 Å². The highest BCUT2D eigenvalue weighted by Gasteiger charge is 2.15. The molecule has 1 heterocycles. The molecule has 1 aromatic heterocycles. The molecule has 1 amide bonds. The largest absolute Gasteiger partial charge is 0.324 e. The van der Waals surface area contributed by atoms with Gasteiger partial charge in [-0.25, -0.2) is 9.37 Å². The molecule has 0 saturated heterocycles. The third-order valence-electron chi connectivity index (χ3n) is 4.36. The van der Waals surface area contributed by atoms with E-state index in [1.54, 1.807) is 42.5 Å². The van der Waals surface area contributed by atoms with Crippen LogP contribution in [0.2, 0.25) is 10.0 Å². The van der Waals surface area contributed by atoms with Crippen LogP contribution < -0.4 is 10.9 Å². The molecule has 9 heteroatoms. The summed E-state index contributed by atoms with van der Waals surface area (Å²) in [5.74, 6) is -0.797. The van der Waals surface area contributed by atoms with E-state index >= 15 is 0 Å². The van der Waals surface area contributed by atoms with Crippen molar-refractivity contribution in [1.82, 2.24) is 9.55 Å². The fourth-order valence-electron chi connectivity index (χ4n) is 2.94. The first-order valence-corrected chi connectivity index (χ1v) is 10.8. The van der Waals surface area contributed by atoms with Crippen LogP contribution in [0.3, 0.4) is 0 Å². The molecule has 4 rings (SSSR count). The molecule has 0 bridgehead atoms. The Morgan fingerprint density at radius 2 is 1.81 bits per heavy atom. The summed E-state index contributed by atoms with van der Waals surface area (Å²) in [6.45, 7) is 0. The van der Waals surface area contributed by atoms with Crippen LogP contribution in [-0.4, -0.2) is 21.2 Å². The molecule has 156 valence electrons. The predicted octanol–water partition coefficient (Wildman–Crippen LogP) is 5.56. The number of benzene rings is 3. The van der Waals surface area contributed by atoms with Crippen molar-refractivity contribution in [2.24, 2.45) is 0 Å². The number of hydrogen-bond donors (Lipinski definition) is 1. The second kappa shape index (κ2) is 9.09. The van der Waals surface area contributed by atoms with Crippen LogP contribution in [0.1, 0.15) is 0 Å². The zero-order chi connectivity index (χ0) is 22.0. The molecule has 0 spiro atoms. The Morgan fingerprint density at radius 3 is 2.58 bits per heavy atom. The van der Waals surface area contributed by atoms with Crippen molar-refractivity contribution in [2.75, 3.05) is 11.1 Å². The SMILES string of the molecule is O=C(CSc1nc2ccccc2c(=O)n1-c1ccc(F)cc1)Nc1cc(Cl)ccc1Cl. The minimum Gasteiger partial charge on any atom is -0.324 e. The first-order valence-electron chi connectivity index (χ1n) is 9.08. The number of rotatable bonds is 5. The topological polar surface area (TPSA) is 64.0 Å². The average molecular weight is 474 g/mol. The number of amides is 1. The van der Waals surface area contributed by atoms with E-state index in [1.165, 1.54) is 28.8 Å². The fourth-order valence-corrected chi connectivity index (χ4v) is 4.09. The number of anilines is 1. The average Bonchev–Trinajstić information content (AvgIpc) is 2.76. The van der Waals surface area contributed by atoms with Crippen molar-refractivity contribution >= 4 is 57.5 Å². The summed E-state index contributed by atoms with van der Waals surface area (Å²) < 4.78 is 14.8. The molecule has 0 saturated carbocycles. The van der Waals surface area contributed by atoms with Gasteiger partial charge >= 0.3 is 0 Å². The van der Waals surface area contributed by atoms with Crippen molar-refractivity contribution in [1.29, 1.82) is 0 Å². The molecule has 0 unspecified atom stereocenters. The lowest BCUT2D eigenvalue weighted by molar-refractivity contribution is -0.113. The van der Waals surface area contributed by atoms with Crippen LogP contribution in [0, 0.1) is 5.82 Å². The number of fused-ring (bicyclic) bond motifs is 1. The van der Waals surface area contributed by atoms with Gasteiger partial charge in [-0.3, -0.25) is 14.2 Å². The van der Waals surface area contributed by atoms with Crippen molar-refractivity contribution in [3.05, 3.63) is 92.9 Å².